The Bertz CT molecular complexity index is 240. The van der Waals surface area contributed by atoms with Gasteiger partial charge in [-0.1, -0.05) is 0 Å². The molecule has 0 bridgehead atoms. The van der Waals surface area contributed by atoms with Crippen LogP contribution in [0.25, 0.3) is 0 Å². The number of carbonyl (C=O) groups is 3. The lowest BCUT2D eigenvalue weighted by Gasteiger charge is -2.08. The highest BCUT2D eigenvalue weighted by molar-refractivity contribution is 5.81. The summed E-state index contributed by atoms with van der Waals surface area (Å²) in [7, 11) is 0. The van der Waals surface area contributed by atoms with Crippen LogP contribution >= 0.6 is 0 Å². The summed E-state index contributed by atoms with van der Waals surface area (Å²) in [6, 6.07) is 0. The van der Waals surface area contributed by atoms with E-state index in [1.165, 1.54) is 13.8 Å². The van der Waals surface area contributed by atoms with Gasteiger partial charge in [-0.05, 0) is 6.92 Å². The van der Waals surface area contributed by atoms with E-state index >= 15 is 0 Å². The van der Waals surface area contributed by atoms with Gasteiger partial charge in [0.25, 0.3) is 5.91 Å². The number of carboxylic acids is 1. The molecule has 0 spiro atoms. The van der Waals surface area contributed by atoms with E-state index < -0.39 is 30.5 Å². The number of carboxylic acid groups (broad SMARTS) is 1. The van der Waals surface area contributed by atoms with Crippen molar-refractivity contribution in [3.05, 3.63) is 0 Å². The summed E-state index contributed by atoms with van der Waals surface area (Å²) < 4.78 is 4.63. The number of carbonyl (C=O) groups excluding carboxylic acids is 2. The molecule has 0 aliphatic rings. The van der Waals surface area contributed by atoms with Crippen LogP contribution < -0.4 is 10.9 Å². The highest BCUT2D eigenvalue weighted by Crippen LogP contribution is 1.88. The molecule has 0 fully saturated rings. The van der Waals surface area contributed by atoms with Gasteiger partial charge in [0.15, 0.2) is 6.10 Å². The maximum Gasteiger partial charge on any atom is 0.332 e. The second-order valence-corrected chi connectivity index (χ2v) is 2.52. The fraction of sp³-hybridized carbons (Fsp3) is 0.571. The summed E-state index contributed by atoms with van der Waals surface area (Å²) in [4.78, 5) is 31.4. The van der Waals surface area contributed by atoms with Gasteiger partial charge in [0.1, 0.15) is 6.61 Å². The standard InChI is InChI=1S/C7H12N2O5/c1-4(7(12)13)14-3-6(11)9-8-5(2)10/h4H,3H2,1-2H3,(H,8,10)(H,9,11)(H,12,13)/t4-/m0/s1. The summed E-state index contributed by atoms with van der Waals surface area (Å²) in [5.74, 6) is -2.20. The van der Waals surface area contributed by atoms with Crippen molar-refractivity contribution >= 4 is 17.8 Å². The number of hydrogen-bond acceptors (Lipinski definition) is 4. The molecule has 0 rings (SSSR count). The van der Waals surface area contributed by atoms with Crippen LogP contribution in [-0.2, 0) is 19.1 Å². The third-order valence-electron chi connectivity index (χ3n) is 1.19. The van der Waals surface area contributed by atoms with E-state index in [1.54, 1.807) is 0 Å². The normalized spacial score (nSPS) is 11.6. The lowest BCUT2D eigenvalue weighted by atomic mass is 10.4. The average Bonchev–Trinajstić information content (AvgIpc) is 2.10. The van der Waals surface area contributed by atoms with E-state index in [2.05, 4.69) is 4.74 Å². The van der Waals surface area contributed by atoms with E-state index in [0.717, 1.165) is 0 Å². The predicted molar refractivity (Wildman–Crippen MR) is 45.0 cm³/mol. The van der Waals surface area contributed by atoms with Crippen molar-refractivity contribution in [3.8, 4) is 0 Å². The number of ether oxygens (including phenoxy) is 1. The molecule has 0 aliphatic heterocycles. The second-order valence-electron chi connectivity index (χ2n) is 2.52. The minimum absolute atomic E-state index is 0.423. The third kappa shape index (κ3) is 5.95. The molecule has 0 aliphatic carbocycles. The largest absolute Gasteiger partial charge is 0.479 e. The maximum atomic E-state index is 10.8. The van der Waals surface area contributed by atoms with Crippen molar-refractivity contribution in [1.82, 2.24) is 10.9 Å². The molecule has 0 aromatic carbocycles. The first-order valence-electron chi connectivity index (χ1n) is 3.83. The molecule has 3 N–H and O–H groups in total. The maximum absolute atomic E-state index is 10.8. The van der Waals surface area contributed by atoms with E-state index in [1.807, 2.05) is 10.9 Å². The zero-order valence-corrected chi connectivity index (χ0v) is 7.86. The average molecular weight is 204 g/mol. The Hall–Kier alpha value is -1.63. The van der Waals surface area contributed by atoms with E-state index in [-0.39, 0.29) is 0 Å². The number of hydrogen-bond donors (Lipinski definition) is 3. The van der Waals surface area contributed by atoms with Crippen LogP contribution in [0.5, 0.6) is 0 Å². The quantitative estimate of drug-likeness (QED) is 0.491. The lowest BCUT2D eigenvalue weighted by molar-refractivity contribution is -0.151. The minimum atomic E-state index is -1.16. The molecule has 0 heterocycles. The second kappa shape index (κ2) is 5.92. The molecule has 2 amide bonds. The summed E-state index contributed by atoms with van der Waals surface area (Å²) in [5.41, 5.74) is 4.05. The van der Waals surface area contributed by atoms with Crippen LogP contribution in [0.3, 0.4) is 0 Å². The number of hydrazine groups is 1. The van der Waals surface area contributed by atoms with Gasteiger partial charge in [0, 0.05) is 6.92 Å². The zero-order valence-electron chi connectivity index (χ0n) is 7.86. The van der Waals surface area contributed by atoms with E-state index in [4.69, 9.17) is 5.11 Å². The summed E-state index contributed by atoms with van der Waals surface area (Å²) in [6.07, 6.45) is -1.06. The Kier molecular flexibility index (Phi) is 5.23. The van der Waals surface area contributed by atoms with Crippen LogP contribution in [0.2, 0.25) is 0 Å². The number of aliphatic carboxylic acids is 1. The summed E-state index contributed by atoms with van der Waals surface area (Å²) in [6.45, 7) is 2.10. The van der Waals surface area contributed by atoms with Crippen molar-refractivity contribution < 1.29 is 24.2 Å². The molecule has 7 heteroatoms. The van der Waals surface area contributed by atoms with E-state index in [9.17, 15) is 14.4 Å². The SMILES string of the molecule is CC(=O)NNC(=O)CO[C@@H](C)C(=O)O. The van der Waals surface area contributed by atoms with Crippen LogP contribution in [0, 0.1) is 0 Å². The van der Waals surface area contributed by atoms with Crippen molar-refractivity contribution in [1.29, 1.82) is 0 Å². The summed E-state index contributed by atoms with van der Waals surface area (Å²) in [5, 5.41) is 8.39. The monoisotopic (exact) mass is 204 g/mol. The predicted octanol–water partition coefficient (Wildman–Crippen LogP) is -1.36. The Balaban J connectivity index is 3.64. The molecular weight excluding hydrogens is 192 g/mol. The topological polar surface area (TPSA) is 105 Å². The zero-order chi connectivity index (χ0) is 11.1. The van der Waals surface area contributed by atoms with E-state index in [0.29, 0.717) is 0 Å². The van der Waals surface area contributed by atoms with Gasteiger partial charge in [0.2, 0.25) is 5.91 Å². The first kappa shape index (κ1) is 12.4. The highest BCUT2D eigenvalue weighted by Gasteiger charge is 2.12. The molecule has 14 heavy (non-hydrogen) atoms. The van der Waals surface area contributed by atoms with Crippen LogP contribution in [0.1, 0.15) is 13.8 Å². The molecule has 0 radical (unpaired) electrons. The number of nitrogens with one attached hydrogen (secondary N) is 2. The molecular formula is C7H12N2O5. The fourth-order valence-electron chi connectivity index (χ4n) is 0.466. The Morgan fingerprint density at radius 3 is 2.36 bits per heavy atom. The van der Waals surface area contributed by atoms with Crippen molar-refractivity contribution in [2.75, 3.05) is 6.61 Å². The molecule has 0 saturated carbocycles. The van der Waals surface area contributed by atoms with Crippen LogP contribution in [0.4, 0.5) is 0 Å². The molecule has 1 atom stereocenters. The Morgan fingerprint density at radius 1 is 1.36 bits per heavy atom. The Labute approximate surface area is 80.4 Å². The van der Waals surface area contributed by atoms with Crippen LogP contribution in [0.15, 0.2) is 0 Å². The third-order valence-corrected chi connectivity index (χ3v) is 1.19. The minimum Gasteiger partial charge on any atom is -0.479 e. The van der Waals surface area contributed by atoms with Crippen molar-refractivity contribution in [2.24, 2.45) is 0 Å². The smallest absolute Gasteiger partial charge is 0.332 e. The molecule has 0 aromatic rings. The van der Waals surface area contributed by atoms with Crippen molar-refractivity contribution in [2.45, 2.75) is 20.0 Å². The van der Waals surface area contributed by atoms with Gasteiger partial charge in [-0.15, -0.1) is 0 Å². The molecule has 0 saturated heterocycles. The molecule has 0 aromatic heterocycles. The lowest BCUT2D eigenvalue weighted by Crippen LogP contribution is -2.43. The van der Waals surface area contributed by atoms with Gasteiger partial charge >= 0.3 is 5.97 Å². The van der Waals surface area contributed by atoms with Crippen molar-refractivity contribution in [3.63, 3.8) is 0 Å². The summed E-state index contributed by atoms with van der Waals surface area (Å²) >= 11 is 0. The van der Waals surface area contributed by atoms with Gasteiger partial charge < -0.3 is 9.84 Å². The van der Waals surface area contributed by atoms with Gasteiger partial charge in [-0.3, -0.25) is 20.4 Å². The fourth-order valence-corrected chi connectivity index (χ4v) is 0.466. The Morgan fingerprint density at radius 2 is 1.93 bits per heavy atom. The molecule has 80 valence electrons. The first-order valence-corrected chi connectivity index (χ1v) is 3.83. The molecule has 0 unspecified atom stereocenters. The molecule has 7 nitrogen and oxygen atoms in total. The van der Waals surface area contributed by atoms with Gasteiger partial charge in [-0.2, -0.15) is 0 Å². The highest BCUT2D eigenvalue weighted by atomic mass is 16.5. The number of rotatable bonds is 4. The van der Waals surface area contributed by atoms with Gasteiger partial charge in [0.05, 0.1) is 0 Å². The first-order chi connectivity index (χ1) is 6.43. The van der Waals surface area contributed by atoms with Crippen LogP contribution in [-0.4, -0.2) is 35.6 Å². The van der Waals surface area contributed by atoms with Gasteiger partial charge in [-0.25, -0.2) is 4.79 Å². The number of amides is 2.